The summed E-state index contributed by atoms with van der Waals surface area (Å²) in [4.78, 5) is 22.8. The fraction of sp³-hybridized carbons (Fsp3) is 0.263. The Kier molecular flexibility index (Phi) is 9.12. The number of thiocarbonyl (C=S) groups is 1. The number of alkyl halides is 3. The van der Waals surface area contributed by atoms with E-state index in [0.717, 1.165) is 12.0 Å². The van der Waals surface area contributed by atoms with Gasteiger partial charge in [-0.2, -0.15) is 0 Å². The second-order valence-electron chi connectivity index (χ2n) is 6.20. The molecule has 2 aromatic carbocycles. The molecule has 0 radical (unpaired) electrons. The van der Waals surface area contributed by atoms with E-state index in [9.17, 15) is 14.9 Å². The Morgan fingerprint density at radius 3 is 2.39 bits per heavy atom. The molecule has 3 N–H and O–H groups in total. The fourth-order valence-corrected chi connectivity index (χ4v) is 2.96. The third kappa shape index (κ3) is 8.02. The zero-order valence-corrected chi connectivity index (χ0v) is 19.3. The number of nitrogens with one attached hydrogen (secondary N) is 3. The Labute approximate surface area is 199 Å². The van der Waals surface area contributed by atoms with Crippen molar-refractivity contribution in [3.8, 4) is 5.75 Å². The number of rotatable bonds is 8. The molecule has 2 aromatic rings. The zero-order valence-electron chi connectivity index (χ0n) is 16.2. The van der Waals surface area contributed by atoms with Crippen molar-refractivity contribution in [2.75, 3.05) is 11.9 Å². The molecule has 0 aliphatic heterocycles. The van der Waals surface area contributed by atoms with Gasteiger partial charge in [-0.3, -0.25) is 14.9 Å². The third-order valence-corrected chi connectivity index (χ3v) is 4.83. The van der Waals surface area contributed by atoms with Gasteiger partial charge < -0.3 is 20.7 Å². The molecule has 0 aliphatic carbocycles. The lowest BCUT2D eigenvalue weighted by molar-refractivity contribution is -0.383. The van der Waals surface area contributed by atoms with Gasteiger partial charge in [0.15, 0.2) is 11.7 Å². The van der Waals surface area contributed by atoms with E-state index in [1.54, 1.807) is 18.2 Å². The summed E-state index contributed by atoms with van der Waals surface area (Å²) in [6.45, 7) is 1.71. The van der Waals surface area contributed by atoms with Crippen LogP contribution in [0.3, 0.4) is 0 Å². The average Bonchev–Trinajstić information content (AvgIpc) is 2.71. The monoisotopic (exact) mass is 504 g/mol. The van der Waals surface area contributed by atoms with E-state index in [1.807, 2.05) is 19.1 Å². The molecule has 0 bridgehead atoms. The van der Waals surface area contributed by atoms with Gasteiger partial charge in [-0.1, -0.05) is 66.0 Å². The smallest absolute Gasteiger partial charge is 0.292 e. The summed E-state index contributed by atoms with van der Waals surface area (Å²) in [5.74, 6) is -0.0591. The van der Waals surface area contributed by atoms with Gasteiger partial charge in [-0.05, 0) is 42.4 Å². The molecular weight excluding hydrogens is 487 g/mol. The molecule has 0 spiro atoms. The molecule has 1 atom stereocenters. The molecule has 0 unspecified atom stereocenters. The first-order chi connectivity index (χ1) is 14.6. The van der Waals surface area contributed by atoms with Crippen LogP contribution in [-0.4, -0.2) is 32.5 Å². The standard InChI is InChI=1S/C19H19Cl3N4O4S/c1-2-12-7-9-13(10-8-12)30-11-16(27)24-17(19(20,21)22)25-18(31)23-14-5-3-4-6-15(14)26(28)29/h3-10,17H,2,11H2,1H3,(H,24,27)(H2,23,25,31)/t17-/m1/s1. The molecule has 0 fully saturated rings. The maximum atomic E-state index is 12.3. The first kappa shape index (κ1) is 24.9. The lowest BCUT2D eigenvalue weighted by Gasteiger charge is -2.27. The molecule has 0 aromatic heterocycles. The predicted octanol–water partition coefficient (Wildman–Crippen LogP) is 4.34. The van der Waals surface area contributed by atoms with E-state index < -0.39 is 20.8 Å². The van der Waals surface area contributed by atoms with Gasteiger partial charge in [-0.25, -0.2) is 0 Å². The van der Waals surface area contributed by atoms with Crippen LogP contribution in [0, 0.1) is 10.1 Å². The zero-order chi connectivity index (χ0) is 23.0. The highest BCUT2D eigenvalue weighted by Gasteiger charge is 2.35. The van der Waals surface area contributed by atoms with Gasteiger partial charge in [0.1, 0.15) is 17.6 Å². The van der Waals surface area contributed by atoms with E-state index in [2.05, 4.69) is 16.0 Å². The van der Waals surface area contributed by atoms with Crippen molar-refractivity contribution >= 4 is 69.4 Å². The van der Waals surface area contributed by atoms with Crippen molar-refractivity contribution < 1.29 is 14.5 Å². The first-order valence-corrected chi connectivity index (χ1v) is 10.5. The molecule has 0 heterocycles. The first-order valence-electron chi connectivity index (χ1n) is 8.99. The van der Waals surface area contributed by atoms with Gasteiger partial charge in [-0.15, -0.1) is 0 Å². The number of benzene rings is 2. The van der Waals surface area contributed by atoms with Gasteiger partial charge in [0.25, 0.3) is 11.6 Å². The Bertz CT molecular complexity index is 938. The summed E-state index contributed by atoms with van der Waals surface area (Å²) < 4.78 is 3.45. The van der Waals surface area contributed by atoms with Crippen LogP contribution in [0.1, 0.15) is 12.5 Å². The number of hydrogen-bond donors (Lipinski definition) is 3. The number of halogens is 3. The Morgan fingerprint density at radius 1 is 1.16 bits per heavy atom. The lowest BCUT2D eigenvalue weighted by atomic mass is 10.2. The number of ether oxygens (including phenoxy) is 1. The molecule has 166 valence electrons. The maximum absolute atomic E-state index is 12.3. The van der Waals surface area contributed by atoms with Crippen molar-refractivity contribution in [3.63, 3.8) is 0 Å². The van der Waals surface area contributed by atoms with Crippen LogP contribution in [0.5, 0.6) is 5.75 Å². The van der Waals surface area contributed by atoms with Crippen LogP contribution in [-0.2, 0) is 11.2 Å². The summed E-state index contributed by atoms with van der Waals surface area (Å²) in [5, 5.41) is 18.8. The van der Waals surface area contributed by atoms with Crippen molar-refractivity contribution in [1.29, 1.82) is 0 Å². The number of nitrogens with zero attached hydrogens (tertiary/aromatic N) is 1. The molecular formula is C19H19Cl3N4O4S. The summed E-state index contributed by atoms with van der Waals surface area (Å²) >= 11 is 23.0. The van der Waals surface area contributed by atoms with Crippen LogP contribution in [0.25, 0.3) is 0 Å². The van der Waals surface area contributed by atoms with Gasteiger partial charge in [0, 0.05) is 6.07 Å². The number of hydrogen-bond acceptors (Lipinski definition) is 5. The quantitative estimate of drug-likeness (QED) is 0.161. The number of amides is 1. The minimum absolute atomic E-state index is 0.0954. The van der Waals surface area contributed by atoms with Gasteiger partial charge >= 0.3 is 0 Å². The topological polar surface area (TPSA) is 106 Å². The molecule has 8 nitrogen and oxygen atoms in total. The van der Waals surface area contributed by atoms with Gasteiger partial charge in [0.2, 0.25) is 3.79 Å². The Hall–Kier alpha value is -2.33. The number of anilines is 1. The van der Waals surface area contributed by atoms with E-state index >= 15 is 0 Å². The number of nitro benzene ring substituents is 1. The molecule has 0 saturated heterocycles. The van der Waals surface area contributed by atoms with E-state index in [-0.39, 0.29) is 23.1 Å². The molecule has 12 heteroatoms. The number of carbonyl (C=O) groups excluding carboxylic acids is 1. The average molecular weight is 506 g/mol. The lowest BCUT2D eigenvalue weighted by Crippen LogP contribution is -2.57. The summed E-state index contributed by atoms with van der Waals surface area (Å²) in [6.07, 6.45) is -0.351. The Balaban J connectivity index is 1.97. The van der Waals surface area contributed by atoms with Crippen LogP contribution in [0.4, 0.5) is 11.4 Å². The van der Waals surface area contributed by atoms with E-state index in [0.29, 0.717) is 5.75 Å². The number of nitro groups is 1. The van der Waals surface area contributed by atoms with Crippen LogP contribution in [0.2, 0.25) is 0 Å². The highest BCUT2D eigenvalue weighted by atomic mass is 35.6. The molecule has 31 heavy (non-hydrogen) atoms. The third-order valence-electron chi connectivity index (χ3n) is 3.96. The van der Waals surface area contributed by atoms with E-state index in [1.165, 1.54) is 18.2 Å². The SMILES string of the molecule is CCc1ccc(OCC(=O)N[C@H](NC(=S)Nc2ccccc2[N+](=O)[O-])C(Cl)(Cl)Cl)cc1. The molecule has 0 aliphatic rings. The normalized spacial score (nSPS) is 11.9. The van der Waals surface area contributed by atoms with Crippen LogP contribution in [0.15, 0.2) is 48.5 Å². The highest BCUT2D eigenvalue weighted by molar-refractivity contribution is 7.80. The second kappa shape index (κ2) is 11.3. The predicted molar refractivity (Wildman–Crippen MR) is 126 cm³/mol. The van der Waals surface area contributed by atoms with Crippen molar-refractivity contribution in [1.82, 2.24) is 10.6 Å². The summed E-state index contributed by atoms with van der Waals surface area (Å²) in [5.41, 5.74) is 1.08. The molecule has 1 amide bonds. The van der Waals surface area contributed by atoms with Gasteiger partial charge in [0.05, 0.1) is 4.92 Å². The number of aryl methyl sites for hydroxylation is 1. The minimum Gasteiger partial charge on any atom is -0.484 e. The van der Waals surface area contributed by atoms with Crippen LogP contribution >= 0.6 is 47.0 Å². The fourth-order valence-electron chi connectivity index (χ4n) is 2.40. The Morgan fingerprint density at radius 2 is 1.81 bits per heavy atom. The van der Waals surface area contributed by atoms with Crippen molar-refractivity contribution in [2.24, 2.45) is 0 Å². The van der Waals surface area contributed by atoms with Crippen LogP contribution < -0.4 is 20.7 Å². The minimum atomic E-state index is -1.98. The molecule has 0 saturated carbocycles. The maximum Gasteiger partial charge on any atom is 0.292 e. The number of carbonyl (C=O) groups is 1. The summed E-state index contributed by atoms with van der Waals surface area (Å²) in [6, 6.07) is 13.2. The largest absolute Gasteiger partial charge is 0.484 e. The van der Waals surface area contributed by atoms with Crippen molar-refractivity contribution in [3.05, 3.63) is 64.2 Å². The van der Waals surface area contributed by atoms with Crippen molar-refractivity contribution in [2.45, 2.75) is 23.3 Å². The summed E-state index contributed by atoms with van der Waals surface area (Å²) in [7, 11) is 0. The second-order valence-corrected chi connectivity index (χ2v) is 8.98. The van der Waals surface area contributed by atoms with E-state index in [4.69, 9.17) is 51.8 Å². The highest BCUT2D eigenvalue weighted by Crippen LogP contribution is 2.29. The molecule has 2 rings (SSSR count). The number of para-hydroxylation sites is 2.